The molecule has 0 spiro atoms. The lowest BCUT2D eigenvalue weighted by Gasteiger charge is -2.30. The Labute approximate surface area is 165 Å². The molecule has 1 unspecified atom stereocenters. The highest BCUT2D eigenvalue weighted by Gasteiger charge is 2.25. The third kappa shape index (κ3) is 4.36. The molecule has 28 heavy (non-hydrogen) atoms. The zero-order valence-corrected chi connectivity index (χ0v) is 16.8. The molecule has 2 heterocycles. The number of halogens is 1. The maximum Gasteiger partial charge on any atom is 0.262 e. The Hall–Kier alpha value is -2.39. The van der Waals surface area contributed by atoms with Gasteiger partial charge in [-0.25, -0.2) is 8.42 Å². The number of ether oxygens (including phenoxy) is 1. The smallest absolute Gasteiger partial charge is 0.262 e. The summed E-state index contributed by atoms with van der Waals surface area (Å²) in [7, 11) is -2.44. The number of pyridine rings is 1. The van der Waals surface area contributed by atoms with Crippen molar-refractivity contribution in [3.63, 3.8) is 0 Å². The zero-order chi connectivity index (χ0) is 20.1. The molecule has 0 radical (unpaired) electrons. The van der Waals surface area contributed by atoms with E-state index in [1.54, 1.807) is 31.2 Å². The molecular weight excluding hydrogens is 383 g/mol. The van der Waals surface area contributed by atoms with E-state index < -0.39 is 22.6 Å². The quantitative estimate of drug-likeness (QED) is 0.732. The first-order chi connectivity index (χ1) is 13.5. The fraction of sp³-hybridized carbons (Fsp3) is 0.421. The van der Waals surface area contributed by atoms with Crippen LogP contribution in [-0.4, -0.2) is 53.4 Å². The van der Waals surface area contributed by atoms with Crippen LogP contribution in [0, 0.1) is 0 Å². The molecule has 1 aliphatic rings. The van der Waals surface area contributed by atoms with E-state index in [2.05, 4.69) is 19.9 Å². The van der Waals surface area contributed by atoms with Crippen LogP contribution < -0.4 is 19.7 Å². The normalized spacial score (nSPS) is 15.9. The molecule has 3 rings (SSSR count). The first-order valence-corrected chi connectivity index (χ1v) is 10.6. The number of sulfonamides is 1. The minimum Gasteiger partial charge on any atom is -0.479 e. The average Bonchev–Trinajstić information content (AvgIpc) is 2.74. The number of alkyl halides is 1. The molecule has 1 aromatic carbocycles. The van der Waals surface area contributed by atoms with Gasteiger partial charge < -0.3 is 15.0 Å². The van der Waals surface area contributed by atoms with Gasteiger partial charge in [-0.15, -0.1) is 0 Å². The van der Waals surface area contributed by atoms with Gasteiger partial charge in [-0.2, -0.15) is 4.98 Å². The molecule has 0 aliphatic carbocycles. The Balaban J connectivity index is 2.05. The van der Waals surface area contributed by atoms with Crippen molar-refractivity contribution in [3.05, 3.63) is 42.0 Å². The van der Waals surface area contributed by atoms with Crippen LogP contribution in [0.3, 0.4) is 0 Å². The van der Waals surface area contributed by atoms with Crippen LogP contribution in [0.1, 0.15) is 18.4 Å². The molecule has 1 saturated heterocycles. The topological polar surface area (TPSA) is 83.6 Å². The van der Waals surface area contributed by atoms with E-state index in [1.165, 1.54) is 19.2 Å². The number of methoxy groups -OCH3 is 1. The molecule has 0 amide bonds. The average molecular weight is 408 g/mol. The van der Waals surface area contributed by atoms with Gasteiger partial charge in [0.1, 0.15) is 11.5 Å². The SMILES string of the molecule is COc1nc(N2CCNCC2)cc(C(C)CF)c1NS(=O)(=O)c1ccccc1. The van der Waals surface area contributed by atoms with Crippen LogP contribution in [-0.2, 0) is 10.0 Å². The lowest BCUT2D eigenvalue weighted by Crippen LogP contribution is -2.44. The Bertz CT molecular complexity index is 903. The number of anilines is 2. The number of aromatic nitrogens is 1. The third-order valence-corrected chi connectivity index (χ3v) is 6.06. The highest BCUT2D eigenvalue weighted by Crippen LogP contribution is 2.37. The third-order valence-electron chi connectivity index (χ3n) is 4.69. The molecule has 2 aromatic rings. The van der Waals surface area contributed by atoms with Crippen LogP contribution in [0.2, 0.25) is 0 Å². The number of hydrogen-bond donors (Lipinski definition) is 2. The maximum atomic E-state index is 13.6. The van der Waals surface area contributed by atoms with Gasteiger partial charge in [-0.3, -0.25) is 9.11 Å². The Morgan fingerprint density at radius 1 is 1.29 bits per heavy atom. The van der Waals surface area contributed by atoms with Gasteiger partial charge in [0.2, 0.25) is 5.88 Å². The van der Waals surface area contributed by atoms with Crippen LogP contribution in [0.5, 0.6) is 5.88 Å². The molecule has 0 saturated carbocycles. The summed E-state index contributed by atoms with van der Waals surface area (Å²) in [4.78, 5) is 6.68. The van der Waals surface area contributed by atoms with Crippen molar-refractivity contribution in [2.45, 2.75) is 17.7 Å². The van der Waals surface area contributed by atoms with Crippen LogP contribution in [0.25, 0.3) is 0 Å². The van der Waals surface area contributed by atoms with E-state index in [1.807, 2.05) is 0 Å². The van der Waals surface area contributed by atoms with Gasteiger partial charge in [-0.05, 0) is 23.8 Å². The van der Waals surface area contributed by atoms with E-state index in [9.17, 15) is 12.8 Å². The van der Waals surface area contributed by atoms with Gasteiger partial charge in [-0.1, -0.05) is 25.1 Å². The standard InChI is InChI=1S/C19H25FN4O3S/c1-14(13-20)16-12-17(24-10-8-21-9-11-24)22-19(27-2)18(16)23-28(25,26)15-6-4-3-5-7-15/h3-7,12,14,21,23H,8-11,13H2,1-2H3. The van der Waals surface area contributed by atoms with E-state index in [0.717, 1.165) is 26.2 Å². The summed E-state index contributed by atoms with van der Waals surface area (Å²) >= 11 is 0. The number of benzene rings is 1. The van der Waals surface area contributed by atoms with E-state index >= 15 is 0 Å². The number of rotatable bonds is 7. The van der Waals surface area contributed by atoms with Crippen LogP contribution >= 0.6 is 0 Å². The summed E-state index contributed by atoms with van der Waals surface area (Å²) in [6.07, 6.45) is 0. The second-order valence-electron chi connectivity index (χ2n) is 6.66. The summed E-state index contributed by atoms with van der Waals surface area (Å²) in [6, 6.07) is 9.76. The molecular formula is C19H25FN4O3S. The fourth-order valence-corrected chi connectivity index (χ4v) is 4.21. The summed E-state index contributed by atoms with van der Waals surface area (Å²) in [5, 5.41) is 3.27. The number of piperazine rings is 1. The number of nitrogens with zero attached hydrogens (tertiary/aromatic N) is 2. The van der Waals surface area contributed by atoms with Gasteiger partial charge in [0.25, 0.3) is 10.0 Å². The predicted octanol–water partition coefficient (Wildman–Crippen LogP) is 2.37. The summed E-state index contributed by atoms with van der Waals surface area (Å²) in [6.45, 7) is 4.23. The summed E-state index contributed by atoms with van der Waals surface area (Å²) in [5.41, 5.74) is 0.692. The molecule has 9 heteroatoms. The van der Waals surface area contributed by atoms with Gasteiger partial charge >= 0.3 is 0 Å². The molecule has 1 atom stereocenters. The van der Waals surface area contributed by atoms with Gasteiger partial charge in [0.15, 0.2) is 0 Å². The van der Waals surface area contributed by atoms with Crippen molar-refractivity contribution < 1.29 is 17.5 Å². The predicted molar refractivity (Wildman–Crippen MR) is 108 cm³/mol. The Morgan fingerprint density at radius 3 is 2.57 bits per heavy atom. The minimum atomic E-state index is -3.86. The van der Waals surface area contributed by atoms with E-state index in [-0.39, 0.29) is 16.5 Å². The van der Waals surface area contributed by atoms with Crippen molar-refractivity contribution in [1.29, 1.82) is 0 Å². The van der Waals surface area contributed by atoms with Crippen molar-refractivity contribution in [2.75, 3.05) is 49.6 Å². The van der Waals surface area contributed by atoms with Crippen LogP contribution in [0.4, 0.5) is 15.9 Å². The molecule has 152 valence electrons. The maximum absolute atomic E-state index is 13.6. The lowest BCUT2D eigenvalue weighted by atomic mass is 10.0. The van der Waals surface area contributed by atoms with Crippen LogP contribution in [0.15, 0.2) is 41.3 Å². The van der Waals surface area contributed by atoms with E-state index in [0.29, 0.717) is 11.4 Å². The first-order valence-electron chi connectivity index (χ1n) is 9.14. The molecule has 0 bridgehead atoms. The van der Waals surface area contributed by atoms with E-state index in [4.69, 9.17) is 4.74 Å². The highest BCUT2D eigenvalue weighted by atomic mass is 32.2. The molecule has 1 fully saturated rings. The summed E-state index contributed by atoms with van der Waals surface area (Å²) < 4.78 is 47.1. The molecule has 1 aliphatic heterocycles. The van der Waals surface area contributed by atoms with Crippen molar-refractivity contribution in [1.82, 2.24) is 10.3 Å². The number of nitrogens with one attached hydrogen (secondary N) is 2. The molecule has 7 nitrogen and oxygen atoms in total. The Morgan fingerprint density at radius 2 is 1.96 bits per heavy atom. The fourth-order valence-electron chi connectivity index (χ4n) is 3.10. The Kier molecular flexibility index (Phi) is 6.35. The highest BCUT2D eigenvalue weighted by molar-refractivity contribution is 7.92. The van der Waals surface area contributed by atoms with Crippen molar-refractivity contribution in [2.24, 2.45) is 0 Å². The minimum absolute atomic E-state index is 0.113. The molecule has 1 aromatic heterocycles. The number of hydrogen-bond acceptors (Lipinski definition) is 6. The van der Waals surface area contributed by atoms with Gasteiger partial charge in [0.05, 0.1) is 18.7 Å². The van der Waals surface area contributed by atoms with Gasteiger partial charge in [0, 0.05) is 32.1 Å². The summed E-state index contributed by atoms with van der Waals surface area (Å²) in [5.74, 6) is 0.259. The van der Waals surface area contributed by atoms with Crippen molar-refractivity contribution in [3.8, 4) is 5.88 Å². The molecule has 2 N–H and O–H groups in total. The lowest BCUT2D eigenvalue weighted by molar-refractivity contribution is 0.397. The monoisotopic (exact) mass is 408 g/mol. The largest absolute Gasteiger partial charge is 0.479 e. The second kappa shape index (κ2) is 8.74. The van der Waals surface area contributed by atoms with Crippen molar-refractivity contribution >= 4 is 21.5 Å². The second-order valence-corrected chi connectivity index (χ2v) is 8.35. The first kappa shape index (κ1) is 20.3. The zero-order valence-electron chi connectivity index (χ0n) is 16.0.